The first kappa shape index (κ1) is 23.0. The lowest BCUT2D eigenvalue weighted by Gasteiger charge is -2.32. The van der Waals surface area contributed by atoms with Gasteiger partial charge in [-0.2, -0.15) is 0 Å². The summed E-state index contributed by atoms with van der Waals surface area (Å²) >= 11 is 0. The molecular formula is C16H36NO5P. The van der Waals surface area contributed by atoms with E-state index >= 15 is 0 Å². The molecule has 0 fully saturated rings. The van der Waals surface area contributed by atoms with E-state index in [1.165, 1.54) is 38.5 Å². The highest BCUT2D eigenvalue weighted by Gasteiger charge is 2.20. The third-order valence-electron chi connectivity index (χ3n) is 4.05. The van der Waals surface area contributed by atoms with Gasteiger partial charge in [-0.15, -0.1) is 0 Å². The van der Waals surface area contributed by atoms with Gasteiger partial charge in [-0.05, 0) is 6.42 Å². The molecule has 0 aliphatic rings. The monoisotopic (exact) mass is 353 g/mol. The molecule has 23 heavy (non-hydrogen) atoms. The molecule has 0 aromatic rings. The zero-order chi connectivity index (χ0) is 17.8. The number of quaternary nitrogens is 1. The van der Waals surface area contributed by atoms with Gasteiger partial charge in [-0.3, -0.25) is 4.57 Å². The fraction of sp³-hybridized carbons (Fsp3) is 1.00. The Labute approximate surface area is 141 Å². The van der Waals surface area contributed by atoms with E-state index in [1.54, 1.807) is 0 Å². The van der Waals surface area contributed by atoms with Crippen LogP contribution in [0.15, 0.2) is 0 Å². The van der Waals surface area contributed by atoms with Gasteiger partial charge in [0.15, 0.2) is 0 Å². The molecule has 0 aromatic heterocycles. The number of nitrogens with zero attached hydrogens (tertiary/aromatic N) is 1. The van der Waals surface area contributed by atoms with Gasteiger partial charge < -0.3 is 23.9 Å². The van der Waals surface area contributed by atoms with Crippen LogP contribution in [0, 0.1) is 0 Å². The fourth-order valence-corrected chi connectivity index (χ4v) is 2.98. The number of unbranched alkanes of at least 4 members (excludes halogenated alkanes) is 7. The van der Waals surface area contributed by atoms with Crippen LogP contribution in [0.4, 0.5) is 0 Å². The molecule has 7 heteroatoms. The van der Waals surface area contributed by atoms with Crippen LogP contribution >= 0.6 is 7.82 Å². The topological polar surface area (TPSA) is 89.8 Å². The van der Waals surface area contributed by atoms with E-state index in [1.807, 2.05) is 14.1 Å². The highest BCUT2D eigenvalue weighted by atomic mass is 31.2. The minimum absolute atomic E-state index is 0.0746. The van der Waals surface area contributed by atoms with Crippen molar-refractivity contribution in [2.24, 2.45) is 0 Å². The Morgan fingerprint density at radius 3 is 2.13 bits per heavy atom. The molecule has 0 amide bonds. The van der Waals surface area contributed by atoms with Crippen LogP contribution in [0.3, 0.4) is 0 Å². The molecule has 140 valence electrons. The van der Waals surface area contributed by atoms with Crippen LogP contribution in [0.2, 0.25) is 0 Å². The summed E-state index contributed by atoms with van der Waals surface area (Å²) in [5.74, 6) is 0. The number of phosphoric ester groups is 1. The Hall–Kier alpha value is 0.0300. The van der Waals surface area contributed by atoms with Gasteiger partial charge in [0, 0.05) is 0 Å². The number of rotatable bonds is 15. The Morgan fingerprint density at radius 2 is 1.61 bits per heavy atom. The Bertz CT molecular complexity index is 332. The average Bonchev–Trinajstić information content (AvgIpc) is 2.39. The molecular weight excluding hydrogens is 317 g/mol. The minimum atomic E-state index is -4.64. The molecule has 6 nitrogen and oxygen atoms in total. The van der Waals surface area contributed by atoms with Crippen LogP contribution in [0.5, 0.6) is 0 Å². The molecule has 0 aliphatic heterocycles. The molecule has 0 bridgehead atoms. The third kappa shape index (κ3) is 16.7. The van der Waals surface area contributed by atoms with E-state index in [0.717, 1.165) is 19.3 Å². The Balaban J connectivity index is 3.66. The molecule has 0 spiro atoms. The van der Waals surface area contributed by atoms with E-state index < -0.39 is 13.9 Å². The second kappa shape index (κ2) is 12.4. The molecule has 2 atom stereocenters. The Morgan fingerprint density at radius 1 is 1.09 bits per heavy atom. The van der Waals surface area contributed by atoms with Crippen molar-refractivity contribution in [3.8, 4) is 0 Å². The van der Waals surface area contributed by atoms with Crippen molar-refractivity contribution in [2.45, 2.75) is 70.8 Å². The van der Waals surface area contributed by atoms with Crippen molar-refractivity contribution in [2.75, 3.05) is 33.8 Å². The standard InChI is InChI=1S/C16H36NO5P/c1-4-5-6-7-8-9-10-11-12-16(18)15-17(2,3)13-14-22-23(19,20)21/h16,18H,4-15H2,1-3H3,(H-,19,20,21). The maximum atomic E-state index is 10.5. The summed E-state index contributed by atoms with van der Waals surface area (Å²) in [6.07, 6.45) is 10.3. The van der Waals surface area contributed by atoms with Crippen LogP contribution in [-0.2, 0) is 9.09 Å². The summed E-state index contributed by atoms with van der Waals surface area (Å²) in [7, 11) is -0.824. The molecule has 0 saturated heterocycles. The zero-order valence-electron chi connectivity index (χ0n) is 15.1. The highest BCUT2D eigenvalue weighted by Crippen LogP contribution is 2.29. The number of hydrogen-bond donors (Lipinski definition) is 2. The second-order valence-electron chi connectivity index (χ2n) is 7.06. The summed E-state index contributed by atoms with van der Waals surface area (Å²) in [5, 5.41) is 10.1. The van der Waals surface area contributed by atoms with Crippen LogP contribution in [0.25, 0.3) is 0 Å². The first-order valence-electron chi connectivity index (χ1n) is 8.85. The van der Waals surface area contributed by atoms with Crippen LogP contribution in [0.1, 0.15) is 64.7 Å². The van der Waals surface area contributed by atoms with E-state index in [-0.39, 0.29) is 6.61 Å². The van der Waals surface area contributed by atoms with Gasteiger partial charge in [0.1, 0.15) is 25.8 Å². The number of likely N-dealkylation sites (N-methyl/N-ethyl adjacent to an activating group) is 1. The largest absolute Gasteiger partial charge is 0.756 e. The lowest BCUT2D eigenvalue weighted by Crippen LogP contribution is -2.47. The van der Waals surface area contributed by atoms with Gasteiger partial charge in [0.05, 0.1) is 14.1 Å². The van der Waals surface area contributed by atoms with Crippen molar-refractivity contribution in [3.63, 3.8) is 0 Å². The van der Waals surface area contributed by atoms with Gasteiger partial charge in [-0.1, -0.05) is 58.3 Å². The molecule has 0 heterocycles. The van der Waals surface area contributed by atoms with E-state index in [2.05, 4.69) is 11.4 Å². The third-order valence-corrected chi connectivity index (χ3v) is 4.56. The normalized spacial score (nSPS) is 16.3. The molecule has 0 radical (unpaired) electrons. The molecule has 0 aliphatic carbocycles. The molecule has 2 N–H and O–H groups in total. The lowest BCUT2D eigenvalue weighted by molar-refractivity contribution is -0.893. The van der Waals surface area contributed by atoms with Gasteiger partial charge in [0.25, 0.3) is 7.82 Å². The van der Waals surface area contributed by atoms with E-state index in [9.17, 15) is 14.6 Å². The average molecular weight is 353 g/mol. The SMILES string of the molecule is CCCCCCCCCCC(O)C[N+](C)(C)CCOP(=O)([O-])O. The molecule has 0 saturated carbocycles. The number of phosphoric acid groups is 1. The molecule has 0 aromatic carbocycles. The highest BCUT2D eigenvalue weighted by molar-refractivity contribution is 7.44. The van der Waals surface area contributed by atoms with Gasteiger partial charge >= 0.3 is 0 Å². The van der Waals surface area contributed by atoms with Crippen molar-refractivity contribution in [3.05, 3.63) is 0 Å². The molecule has 0 rings (SSSR count). The number of hydrogen-bond acceptors (Lipinski definition) is 4. The van der Waals surface area contributed by atoms with E-state index in [0.29, 0.717) is 17.6 Å². The Kier molecular flexibility index (Phi) is 12.4. The quantitative estimate of drug-likeness (QED) is 0.268. The summed E-state index contributed by atoms with van der Waals surface area (Å²) in [6.45, 7) is 3.11. The lowest BCUT2D eigenvalue weighted by atomic mass is 10.1. The summed E-state index contributed by atoms with van der Waals surface area (Å²) in [4.78, 5) is 19.1. The van der Waals surface area contributed by atoms with Crippen molar-refractivity contribution < 1.29 is 28.5 Å². The maximum Gasteiger partial charge on any atom is 0.265 e. The van der Waals surface area contributed by atoms with Gasteiger partial charge in [0.2, 0.25) is 0 Å². The first-order chi connectivity index (χ1) is 10.7. The molecule has 2 unspecified atom stereocenters. The van der Waals surface area contributed by atoms with Gasteiger partial charge in [-0.25, -0.2) is 0 Å². The predicted molar refractivity (Wildman–Crippen MR) is 90.9 cm³/mol. The van der Waals surface area contributed by atoms with Crippen molar-refractivity contribution in [1.82, 2.24) is 0 Å². The van der Waals surface area contributed by atoms with Crippen LogP contribution in [-0.4, -0.2) is 54.4 Å². The van der Waals surface area contributed by atoms with Crippen molar-refractivity contribution in [1.29, 1.82) is 0 Å². The smallest absolute Gasteiger partial charge is 0.265 e. The van der Waals surface area contributed by atoms with Crippen LogP contribution < -0.4 is 4.89 Å². The fourth-order valence-electron chi connectivity index (χ4n) is 2.67. The summed E-state index contributed by atoms with van der Waals surface area (Å²) in [6, 6.07) is 0. The maximum absolute atomic E-state index is 10.5. The zero-order valence-corrected chi connectivity index (χ0v) is 16.0. The van der Waals surface area contributed by atoms with Crippen molar-refractivity contribution >= 4 is 7.82 Å². The van der Waals surface area contributed by atoms with E-state index in [4.69, 9.17) is 4.89 Å². The number of aliphatic hydroxyl groups excluding tert-OH is 1. The first-order valence-corrected chi connectivity index (χ1v) is 10.3. The number of aliphatic hydroxyl groups is 1. The second-order valence-corrected chi connectivity index (χ2v) is 8.26. The minimum Gasteiger partial charge on any atom is -0.756 e. The summed E-state index contributed by atoms with van der Waals surface area (Å²) < 4.78 is 15.3. The predicted octanol–water partition coefficient (Wildman–Crippen LogP) is 2.43. The summed E-state index contributed by atoms with van der Waals surface area (Å²) in [5.41, 5.74) is 0.